The zero-order valence-electron chi connectivity index (χ0n) is 19.7. The minimum atomic E-state index is -0.909. The number of anilines is 1. The molecule has 8 heteroatoms. The highest BCUT2D eigenvalue weighted by Gasteiger charge is 2.43. The third-order valence-corrected chi connectivity index (χ3v) is 6.33. The predicted octanol–water partition coefficient (Wildman–Crippen LogP) is 4.64. The minimum Gasteiger partial charge on any atom is -0.466 e. The molecule has 0 saturated carbocycles. The Morgan fingerprint density at radius 1 is 1.06 bits per heavy atom. The topological polar surface area (TPSA) is 106 Å². The van der Waals surface area contributed by atoms with E-state index in [2.05, 4.69) is 42.8 Å². The van der Waals surface area contributed by atoms with E-state index in [0.29, 0.717) is 15.7 Å². The maximum atomic E-state index is 13.2. The van der Waals surface area contributed by atoms with Gasteiger partial charge in [-0.15, -0.1) is 0 Å². The van der Waals surface area contributed by atoms with Crippen molar-refractivity contribution in [2.24, 2.45) is 5.73 Å². The summed E-state index contributed by atoms with van der Waals surface area (Å²) in [5.41, 5.74) is 8.42. The number of benzene rings is 2. The monoisotopic (exact) mass is 523 g/mol. The standard InChI is InChI=1S/C26H26BrN3O4/c1-26(2,3)16-11-12-18(27)19(13-16)30-22(25(32)34-5)21(24(31)33-4)20(17(14-28)23(30)29)15-9-7-6-8-10-15/h6-13,20H,29H2,1-5H3. The molecule has 0 fully saturated rings. The smallest absolute Gasteiger partial charge is 0.355 e. The van der Waals surface area contributed by atoms with Gasteiger partial charge in [-0.2, -0.15) is 5.26 Å². The number of nitrogens with two attached hydrogens (primary N) is 1. The van der Waals surface area contributed by atoms with Crippen molar-refractivity contribution >= 4 is 33.6 Å². The molecule has 1 unspecified atom stereocenters. The van der Waals surface area contributed by atoms with Crippen molar-refractivity contribution in [1.29, 1.82) is 5.26 Å². The first-order valence-electron chi connectivity index (χ1n) is 10.5. The van der Waals surface area contributed by atoms with Crippen LogP contribution in [-0.2, 0) is 24.5 Å². The van der Waals surface area contributed by atoms with Crippen molar-refractivity contribution < 1.29 is 19.1 Å². The van der Waals surface area contributed by atoms with Crippen LogP contribution in [0.4, 0.5) is 5.69 Å². The minimum absolute atomic E-state index is 0.0242. The lowest BCUT2D eigenvalue weighted by molar-refractivity contribution is -0.139. The van der Waals surface area contributed by atoms with Crippen LogP contribution in [0.1, 0.15) is 37.8 Å². The van der Waals surface area contributed by atoms with Crippen LogP contribution in [0, 0.1) is 11.3 Å². The first kappa shape index (κ1) is 25.1. The van der Waals surface area contributed by atoms with E-state index in [1.165, 1.54) is 19.1 Å². The molecule has 0 saturated heterocycles. The Morgan fingerprint density at radius 3 is 2.21 bits per heavy atom. The van der Waals surface area contributed by atoms with Gasteiger partial charge in [-0.1, -0.05) is 57.2 Å². The average molecular weight is 524 g/mol. The van der Waals surface area contributed by atoms with Crippen LogP contribution in [0.15, 0.2) is 75.7 Å². The highest BCUT2D eigenvalue weighted by atomic mass is 79.9. The van der Waals surface area contributed by atoms with E-state index in [1.54, 1.807) is 24.3 Å². The zero-order valence-corrected chi connectivity index (χ0v) is 21.3. The van der Waals surface area contributed by atoms with Gasteiger partial charge < -0.3 is 15.2 Å². The van der Waals surface area contributed by atoms with E-state index >= 15 is 0 Å². The molecule has 0 radical (unpaired) electrons. The number of carbonyl (C=O) groups excluding carboxylic acids is 2. The number of ether oxygens (including phenoxy) is 2. The van der Waals surface area contributed by atoms with Crippen LogP contribution >= 0.6 is 15.9 Å². The van der Waals surface area contributed by atoms with Gasteiger partial charge in [-0.25, -0.2) is 9.59 Å². The molecule has 3 rings (SSSR count). The number of rotatable bonds is 4. The number of halogens is 1. The Labute approximate surface area is 207 Å². The number of nitrogens with zero attached hydrogens (tertiary/aromatic N) is 2. The number of nitriles is 1. The van der Waals surface area contributed by atoms with E-state index in [0.717, 1.165) is 5.56 Å². The van der Waals surface area contributed by atoms with Gasteiger partial charge in [-0.05, 0) is 44.6 Å². The van der Waals surface area contributed by atoms with Gasteiger partial charge in [0.25, 0.3) is 0 Å². The van der Waals surface area contributed by atoms with Crippen molar-refractivity contribution in [2.45, 2.75) is 32.1 Å². The number of allylic oxidation sites excluding steroid dienone is 1. The molecule has 7 nitrogen and oxygen atoms in total. The summed E-state index contributed by atoms with van der Waals surface area (Å²) < 4.78 is 10.8. The molecule has 176 valence electrons. The van der Waals surface area contributed by atoms with Gasteiger partial charge in [0.05, 0.1) is 43.0 Å². The fourth-order valence-electron chi connectivity index (χ4n) is 3.91. The molecule has 0 amide bonds. The van der Waals surface area contributed by atoms with E-state index in [-0.39, 0.29) is 28.1 Å². The van der Waals surface area contributed by atoms with Gasteiger partial charge in [-0.3, -0.25) is 4.90 Å². The third-order valence-electron chi connectivity index (χ3n) is 5.66. The summed E-state index contributed by atoms with van der Waals surface area (Å²) in [7, 11) is 2.45. The van der Waals surface area contributed by atoms with Crippen LogP contribution in [0.5, 0.6) is 0 Å². The molecule has 0 aromatic heterocycles. The molecule has 34 heavy (non-hydrogen) atoms. The largest absolute Gasteiger partial charge is 0.466 e. The summed E-state index contributed by atoms with van der Waals surface area (Å²) in [5.74, 6) is -2.43. The predicted molar refractivity (Wildman–Crippen MR) is 132 cm³/mol. The summed E-state index contributed by atoms with van der Waals surface area (Å²) in [5, 5.41) is 10.1. The van der Waals surface area contributed by atoms with E-state index in [1.807, 2.05) is 24.3 Å². The Kier molecular flexibility index (Phi) is 7.18. The SMILES string of the molecule is COC(=O)C1=C(C(=O)OC)N(c2cc(C(C)(C)C)ccc2Br)C(N)=C(C#N)C1c1ccccc1. The van der Waals surface area contributed by atoms with Crippen LogP contribution in [-0.4, -0.2) is 26.2 Å². The number of esters is 2. The second kappa shape index (κ2) is 9.74. The molecule has 0 bridgehead atoms. The van der Waals surface area contributed by atoms with Gasteiger partial charge in [0, 0.05) is 4.47 Å². The Bertz CT molecular complexity index is 1240. The van der Waals surface area contributed by atoms with Gasteiger partial charge in [0.2, 0.25) is 0 Å². The Hall–Kier alpha value is -3.57. The average Bonchev–Trinajstić information content (AvgIpc) is 2.82. The van der Waals surface area contributed by atoms with Gasteiger partial charge >= 0.3 is 11.9 Å². The second-order valence-electron chi connectivity index (χ2n) is 8.75. The number of carbonyl (C=O) groups is 2. The molecule has 2 aromatic rings. The molecular formula is C26H26BrN3O4. The molecule has 2 N–H and O–H groups in total. The quantitative estimate of drug-likeness (QED) is 0.581. The molecule has 1 aliphatic heterocycles. The van der Waals surface area contributed by atoms with Crippen LogP contribution in [0.3, 0.4) is 0 Å². The van der Waals surface area contributed by atoms with E-state index in [4.69, 9.17) is 15.2 Å². The summed E-state index contributed by atoms with van der Waals surface area (Å²) in [6.45, 7) is 6.16. The third kappa shape index (κ3) is 4.44. The molecular weight excluding hydrogens is 498 g/mol. The lowest BCUT2D eigenvalue weighted by atomic mass is 9.80. The summed E-state index contributed by atoms with van der Waals surface area (Å²) >= 11 is 3.54. The Morgan fingerprint density at radius 2 is 1.68 bits per heavy atom. The lowest BCUT2D eigenvalue weighted by Crippen LogP contribution is -2.41. The van der Waals surface area contributed by atoms with Gasteiger partial charge in [0.1, 0.15) is 11.5 Å². The number of methoxy groups -OCH3 is 2. The zero-order chi connectivity index (χ0) is 25.2. The maximum absolute atomic E-state index is 13.2. The number of hydrogen-bond acceptors (Lipinski definition) is 7. The maximum Gasteiger partial charge on any atom is 0.355 e. The van der Waals surface area contributed by atoms with E-state index in [9.17, 15) is 14.9 Å². The van der Waals surface area contributed by atoms with Crippen molar-refractivity contribution in [2.75, 3.05) is 19.1 Å². The highest BCUT2D eigenvalue weighted by Crippen LogP contribution is 2.45. The molecule has 2 aromatic carbocycles. The highest BCUT2D eigenvalue weighted by molar-refractivity contribution is 9.10. The van der Waals surface area contributed by atoms with Crippen molar-refractivity contribution in [3.8, 4) is 6.07 Å². The number of hydrogen-bond donors (Lipinski definition) is 1. The van der Waals surface area contributed by atoms with Crippen molar-refractivity contribution in [1.82, 2.24) is 0 Å². The molecule has 1 atom stereocenters. The Balaban J connectivity index is 2.45. The summed E-state index contributed by atoms with van der Waals surface area (Å²) in [6, 6.07) is 16.7. The van der Waals surface area contributed by atoms with Gasteiger partial charge in [0.15, 0.2) is 0 Å². The summed E-state index contributed by atoms with van der Waals surface area (Å²) in [4.78, 5) is 27.7. The van der Waals surface area contributed by atoms with Crippen molar-refractivity contribution in [3.63, 3.8) is 0 Å². The first-order chi connectivity index (χ1) is 16.1. The normalized spacial score (nSPS) is 16.3. The molecule has 1 aliphatic rings. The molecule has 0 aliphatic carbocycles. The lowest BCUT2D eigenvalue weighted by Gasteiger charge is -2.36. The second-order valence-corrected chi connectivity index (χ2v) is 9.61. The fraction of sp³-hybridized carbons (Fsp3) is 0.269. The van der Waals surface area contributed by atoms with Crippen LogP contribution in [0.2, 0.25) is 0 Å². The molecule has 1 heterocycles. The van der Waals surface area contributed by atoms with E-state index < -0.39 is 17.9 Å². The van der Waals surface area contributed by atoms with Crippen LogP contribution < -0.4 is 10.6 Å². The molecule has 0 spiro atoms. The van der Waals surface area contributed by atoms with Crippen LogP contribution in [0.25, 0.3) is 0 Å². The first-order valence-corrected chi connectivity index (χ1v) is 11.3. The summed E-state index contributed by atoms with van der Waals surface area (Å²) in [6.07, 6.45) is 0. The fourth-order valence-corrected chi connectivity index (χ4v) is 4.34. The van der Waals surface area contributed by atoms with Crippen molar-refractivity contribution in [3.05, 3.63) is 86.8 Å².